The van der Waals surface area contributed by atoms with E-state index in [1.807, 2.05) is 6.92 Å². The van der Waals surface area contributed by atoms with Crippen molar-refractivity contribution in [3.05, 3.63) is 11.6 Å². The van der Waals surface area contributed by atoms with E-state index in [1.54, 1.807) is 0 Å². The van der Waals surface area contributed by atoms with Gasteiger partial charge in [-0.05, 0) is 90.8 Å². The molecular formula is C30H48O6. The number of aliphatic hydroxyl groups is 4. The smallest absolute Gasteiger partial charge is 0.312 e. The van der Waals surface area contributed by atoms with Crippen molar-refractivity contribution in [3.8, 4) is 0 Å². The third-order valence-electron chi connectivity index (χ3n) is 13.2. The van der Waals surface area contributed by atoms with Crippen LogP contribution in [0.1, 0.15) is 92.9 Å². The van der Waals surface area contributed by atoms with Gasteiger partial charge in [-0.25, -0.2) is 0 Å². The largest absolute Gasteiger partial charge is 0.481 e. The van der Waals surface area contributed by atoms with Crippen LogP contribution in [0, 0.1) is 50.2 Å². The Morgan fingerprint density at radius 1 is 0.944 bits per heavy atom. The zero-order chi connectivity index (χ0) is 26.7. The van der Waals surface area contributed by atoms with Crippen molar-refractivity contribution in [1.82, 2.24) is 0 Å². The number of aliphatic hydroxyl groups excluding tert-OH is 4. The van der Waals surface area contributed by atoms with Gasteiger partial charge in [0.15, 0.2) is 0 Å². The molecular weight excluding hydrogens is 456 g/mol. The molecule has 0 radical (unpaired) electrons. The van der Waals surface area contributed by atoms with Gasteiger partial charge in [-0.15, -0.1) is 0 Å². The summed E-state index contributed by atoms with van der Waals surface area (Å²) in [5.74, 6) is -0.765. The van der Waals surface area contributed by atoms with E-state index in [1.165, 1.54) is 5.57 Å². The number of fused-ring (bicyclic) bond motifs is 7. The third-order valence-corrected chi connectivity index (χ3v) is 13.2. The van der Waals surface area contributed by atoms with Crippen LogP contribution in [0.25, 0.3) is 0 Å². The highest BCUT2D eigenvalue weighted by atomic mass is 16.4. The van der Waals surface area contributed by atoms with Crippen molar-refractivity contribution in [2.75, 3.05) is 6.61 Å². The quantitative estimate of drug-likeness (QED) is 0.361. The first kappa shape index (κ1) is 26.6. The second-order valence-electron chi connectivity index (χ2n) is 15.2. The maximum atomic E-state index is 12.8. The van der Waals surface area contributed by atoms with E-state index in [0.717, 1.165) is 32.1 Å². The van der Waals surface area contributed by atoms with Crippen LogP contribution in [0.15, 0.2) is 11.6 Å². The van der Waals surface area contributed by atoms with Crippen molar-refractivity contribution in [2.45, 2.75) is 111 Å². The number of hydrogen-bond donors (Lipinski definition) is 5. The number of carboxylic acids is 1. The minimum Gasteiger partial charge on any atom is -0.481 e. The molecule has 0 heterocycles. The summed E-state index contributed by atoms with van der Waals surface area (Å²) in [6.45, 7) is 13.1. The molecule has 0 aliphatic heterocycles. The molecule has 5 N–H and O–H groups in total. The maximum Gasteiger partial charge on any atom is 0.312 e. The summed E-state index contributed by atoms with van der Waals surface area (Å²) >= 11 is 0. The molecule has 0 aromatic rings. The minimum absolute atomic E-state index is 0.0242. The third kappa shape index (κ3) is 3.02. The molecule has 5 aliphatic carbocycles. The Morgan fingerprint density at radius 2 is 1.61 bits per heavy atom. The van der Waals surface area contributed by atoms with E-state index in [0.29, 0.717) is 19.3 Å². The van der Waals surface area contributed by atoms with E-state index in [9.17, 15) is 30.3 Å². The van der Waals surface area contributed by atoms with Crippen molar-refractivity contribution in [3.63, 3.8) is 0 Å². The van der Waals surface area contributed by atoms with Gasteiger partial charge in [0.05, 0.1) is 24.9 Å². The number of allylic oxidation sites excluding steroid dienone is 2. The van der Waals surface area contributed by atoms with Crippen LogP contribution in [-0.4, -0.2) is 56.4 Å². The van der Waals surface area contributed by atoms with Gasteiger partial charge in [0.2, 0.25) is 0 Å². The molecule has 0 amide bonds. The number of carboxylic acid groups (broad SMARTS) is 1. The van der Waals surface area contributed by atoms with Crippen molar-refractivity contribution in [1.29, 1.82) is 0 Å². The molecule has 6 heteroatoms. The maximum absolute atomic E-state index is 12.8. The summed E-state index contributed by atoms with van der Waals surface area (Å²) in [6, 6.07) is 0. The zero-order valence-corrected chi connectivity index (χ0v) is 23.0. The molecule has 11 atom stereocenters. The summed E-state index contributed by atoms with van der Waals surface area (Å²) in [6.07, 6.45) is 5.13. The average Bonchev–Trinajstić information content (AvgIpc) is 2.77. The molecule has 36 heavy (non-hydrogen) atoms. The van der Waals surface area contributed by atoms with E-state index < -0.39 is 35.1 Å². The predicted octanol–water partition coefficient (Wildman–Crippen LogP) is 4.15. The van der Waals surface area contributed by atoms with Crippen molar-refractivity contribution < 1.29 is 30.3 Å². The Morgan fingerprint density at radius 3 is 2.22 bits per heavy atom. The minimum atomic E-state index is -1.12. The van der Waals surface area contributed by atoms with Crippen LogP contribution in [-0.2, 0) is 4.79 Å². The Balaban J connectivity index is 1.64. The van der Waals surface area contributed by atoms with Crippen LogP contribution < -0.4 is 0 Å². The average molecular weight is 505 g/mol. The summed E-state index contributed by atoms with van der Waals surface area (Å²) in [5, 5.41) is 54.5. The number of rotatable bonds is 2. The Bertz CT molecular complexity index is 974. The number of aliphatic carboxylic acids is 1. The van der Waals surface area contributed by atoms with Gasteiger partial charge in [-0.2, -0.15) is 0 Å². The van der Waals surface area contributed by atoms with Gasteiger partial charge in [-0.3, -0.25) is 4.79 Å². The highest BCUT2D eigenvalue weighted by Gasteiger charge is 2.72. The highest BCUT2D eigenvalue weighted by Crippen LogP contribution is 2.75. The Labute approximate surface area is 216 Å². The zero-order valence-electron chi connectivity index (χ0n) is 23.0. The second kappa shape index (κ2) is 7.80. The standard InChI is InChI=1S/C30H48O6/c1-25(2)11-12-30(24(35)36)18(13-25)17-7-8-21-26(3)14-19(32)23(34)27(4,16-31)20(26)9-10-28(21,5)29(17,6)15-22(30)33/h7,18-23,31-34H,8-16H2,1-6H3,(H,35,36)/t18?,19-,20?,21+,22+,23-,26-,27-,28+,29+,30+/m0/s1. The fourth-order valence-electron chi connectivity index (χ4n) is 10.9. The molecule has 6 nitrogen and oxygen atoms in total. The van der Waals surface area contributed by atoms with Crippen molar-refractivity contribution >= 4 is 5.97 Å². The van der Waals surface area contributed by atoms with Gasteiger partial charge in [0.1, 0.15) is 5.41 Å². The lowest BCUT2D eigenvalue weighted by Gasteiger charge is -2.72. The van der Waals surface area contributed by atoms with Crippen molar-refractivity contribution in [2.24, 2.45) is 50.2 Å². The van der Waals surface area contributed by atoms with Crippen LogP contribution >= 0.6 is 0 Å². The lowest BCUT2D eigenvalue weighted by atomic mass is 9.33. The molecule has 4 saturated carbocycles. The molecule has 2 unspecified atom stereocenters. The first-order chi connectivity index (χ1) is 16.5. The summed E-state index contributed by atoms with van der Waals surface area (Å²) < 4.78 is 0. The Kier molecular flexibility index (Phi) is 5.77. The van der Waals surface area contributed by atoms with Crippen LogP contribution in [0.5, 0.6) is 0 Å². The fraction of sp³-hybridized carbons (Fsp3) is 0.900. The molecule has 5 rings (SSSR count). The molecule has 204 valence electrons. The molecule has 0 aromatic heterocycles. The predicted molar refractivity (Wildman–Crippen MR) is 137 cm³/mol. The van der Waals surface area contributed by atoms with E-state index in [4.69, 9.17) is 0 Å². The van der Waals surface area contributed by atoms with Crippen LogP contribution in [0.3, 0.4) is 0 Å². The monoisotopic (exact) mass is 504 g/mol. The molecule has 0 spiro atoms. The van der Waals surface area contributed by atoms with E-state index in [2.05, 4.69) is 40.7 Å². The molecule has 0 bridgehead atoms. The number of hydrogen-bond acceptors (Lipinski definition) is 5. The van der Waals surface area contributed by atoms with Gasteiger partial charge < -0.3 is 25.5 Å². The van der Waals surface area contributed by atoms with E-state index >= 15 is 0 Å². The van der Waals surface area contributed by atoms with Gasteiger partial charge >= 0.3 is 5.97 Å². The first-order valence-corrected chi connectivity index (χ1v) is 14.1. The summed E-state index contributed by atoms with van der Waals surface area (Å²) in [5.41, 5.74) is -1.44. The number of carbonyl (C=O) groups is 1. The summed E-state index contributed by atoms with van der Waals surface area (Å²) in [7, 11) is 0. The van der Waals surface area contributed by atoms with Crippen LogP contribution in [0.2, 0.25) is 0 Å². The SMILES string of the molecule is CC1(C)CC[C@@]2(C(=O)O)C(C1)C1=CC[C@@H]3[C@@]4(C)C[C@H](O)[C@H](O)[C@@](C)(CO)C4CC[C@@]3(C)[C@]1(C)C[C@H]2O. The molecule has 0 saturated heterocycles. The lowest BCUT2D eigenvalue weighted by Crippen LogP contribution is -2.69. The topological polar surface area (TPSA) is 118 Å². The lowest BCUT2D eigenvalue weighted by molar-refractivity contribution is -0.248. The van der Waals surface area contributed by atoms with Gasteiger partial charge in [-0.1, -0.05) is 53.2 Å². The highest BCUT2D eigenvalue weighted by molar-refractivity contribution is 5.77. The van der Waals surface area contributed by atoms with Crippen LogP contribution in [0.4, 0.5) is 0 Å². The second-order valence-corrected chi connectivity index (χ2v) is 15.2. The molecule has 5 aliphatic rings. The molecule has 0 aromatic carbocycles. The summed E-state index contributed by atoms with van der Waals surface area (Å²) in [4.78, 5) is 12.8. The Hall–Kier alpha value is -0.950. The van der Waals surface area contributed by atoms with Gasteiger partial charge in [0, 0.05) is 5.41 Å². The first-order valence-electron chi connectivity index (χ1n) is 14.1. The normalized spacial score (nSPS) is 55.9. The fourth-order valence-corrected chi connectivity index (χ4v) is 10.9. The van der Waals surface area contributed by atoms with E-state index in [-0.39, 0.29) is 46.0 Å². The molecule has 4 fully saturated rings. The van der Waals surface area contributed by atoms with Gasteiger partial charge in [0.25, 0.3) is 0 Å².